The average Bonchev–Trinajstić information content (AvgIpc) is 2.66. The lowest BCUT2D eigenvalue weighted by Gasteiger charge is -2.06. The molecule has 1 aromatic rings. The minimum Gasteiger partial charge on any atom is -0.382 e. The molecule has 4 nitrogen and oxygen atoms in total. The summed E-state index contributed by atoms with van der Waals surface area (Å²) in [5.41, 5.74) is 0. The van der Waals surface area contributed by atoms with Crippen LogP contribution in [0.4, 0.5) is 0 Å². The molecule has 1 rings (SSSR count). The molecule has 0 bridgehead atoms. The Hall–Kier alpha value is -1.32. The van der Waals surface area contributed by atoms with Gasteiger partial charge in [-0.25, -0.2) is 8.42 Å². The van der Waals surface area contributed by atoms with E-state index in [1.807, 2.05) is 0 Å². The van der Waals surface area contributed by atoms with Gasteiger partial charge in [0.2, 0.25) is 9.84 Å². The predicted molar refractivity (Wildman–Crippen MR) is 58.9 cm³/mol. The van der Waals surface area contributed by atoms with Gasteiger partial charge in [0.25, 0.3) is 0 Å². The van der Waals surface area contributed by atoms with E-state index in [2.05, 4.69) is 0 Å². The molecule has 0 aliphatic rings. The van der Waals surface area contributed by atoms with Gasteiger partial charge in [-0.3, -0.25) is 0 Å². The van der Waals surface area contributed by atoms with Gasteiger partial charge in [0.1, 0.15) is 6.07 Å². The second-order valence-electron chi connectivity index (χ2n) is 3.03. The molecule has 0 N–H and O–H groups in total. The average molecular weight is 242 g/mol. The Bertz CT molecular complexity index is 493. The number of thiophene rings is 1. The molecule has 0 unspecified atom stereocenters. The van der Waals surface area contributed by atoms with Gasteiger partial charge in [-0.15, -0.1) is 0 Å². The SMILES string of the molecule is CN(C)/C=C(/C#N)S(=O)(=O)c1ccsc1. The van der Waals surface area contributed by atoms with E-state index >= 15 is 0 Å². The summed E-state index contributed by atoms with van der Waals surface area (Å²) in [4.78, 5) is 1.45. The van der Waals surface area contributed by atoms with E-state index in [-0.39, 0.29) is 9.80 Å². The number of nitriles is 1. The Morgan fingerprint density at radius 1 is 1.60 bits per heavy atom. The third kappa shape index (κ3) is 2.58. The van der Waals surface area contributed by atoms with E-state index in [9.17, 15) is 8.42 Å². The maximum Gasteiger partial charge on any atom is 0.218 e. The molecule has 0 amide bonds. The quantitative estimate of drug-likeness (QED) is 0.753. The molecule has 0 saturated carbocycles. The van der Waals surface area contributed by atoms with Crippen LogP contribution in [0.5, 0.6) is 0 Å². The van der Waals surface area contributed by atoms with Crippen LogP contribution in [-0.4, -0.2) is 27.4 Å². The number of hydrogen-bond acceptors (Lipinski definition) is 5. The zero-order valence-corrected chi connectivity index (χ0v) is 9.97. The molecule has 6 heteroatoms. The number of sulfone groups is 1. The fourth-order valence-corrected chi connectivity index (χ4v) is 3.17. The van der Waals surface area contributed by atoms with Gasteiger partial charge in [0, 0.05) is 25.7 Å². The van der Waals surface area contributed by atoms with E-state index in [4.69, 9.17) is 5.26 Å². The van der Waals surface area contributed by atoms with Crippen LogP contribution in [0.15, 0.2) is 32.8 Å². The van der Waals surface area contributed by atoms with Gasteiger partial charge < -0.3 is 4.90 Å². The summed E-state index contributed by atoms with van der Waals surface area (Å²) in [6, 6.07) is 3.18. The Labute approximate surface area is 93.0 Å². The van der Waals surface area contributed by atoms with Gasteiger partial charge in [-0.05, 0) is 11.4 Å². The highest BCUT2D eigenvalue weighted by molar-refractivity contribution is 7.95. The molecule has 0 aliphatic heterocycles. The molecule has 80 valence electrons. The van der Waals surface area contributed by atoms with E-state index in [0.717, 1.165) is 0 Å². The Balaban J connectivity index is 3.23. The normalized spacial score (nSPS) is 12.2. The third-order valence-corrected chi connectivity index (χ3v) is 4.06. The van der Waals surface area contributed by atoms with Gasteiger partial charge >= 0.3 is 0 Å². The molecule has 0 aromatic carbocycles. The molecule has 0 saturated heterocycles. The Kier molecular flexibility index (Phi) is 3.50. The molecular weight excluding hydrogens is 232 g/mol. The molecule has 0 fully saturated rings. The number of allylic oxidation sites excluding steroid dienone is 1. The fraction of sp³-hybridized carbons (Fsp3) is 0.222. The van der Waals surface area contributed by atoms with Crippen LogP contribution in [0, 0.1) is 11.3 Å². The largest absolute Gasteiger partial charge is 0.382 e. The van der Waals surface area contributed by atoms with Crippen LogP contribution in [-0.2, 0) is 9.84 Å². The minimum atomic E-state index is -3.63. The van der Waals surface area contributed by atoms with E-state index in [0.29, 0.717) is 0 Å². The topological polar surface area (TPSA) is 61.2 Å². The summed E-state index contributed by atoms with van der Waals surface area (Å²) in [5.74, 6) is 0. The highest BCUT2D eigenvalue weighted by Gasteiger charge is 2.21. The van der Waals surface area contributed by atoms with Crippen molar-refractivity contribution in [2.45, 2.75) is 4.90 Å². The third-order valence-electron chi connectivity index (χ3n) is 1.58. The summed E-state index contributed by atoms with van der Waals surface area (Å²) in [7, 11) is -0.300. The monoisotopic (exact) mass is 242 g/mol. The van der Waals surface area contributed by atoms with E-state index in [1.165, 1.54) is 33.9 Å². The van der Waals surface area contributed by atoms with Gasteiger partial charge in [-0.2, -0.15) is 16.6 Å². The molecule has 1 heterocycles. The van der Waals surface area contributed by atoms with Crippen molar-refractivity contribution < 1.29 is 8.42 Å². The van der Waals surface area contributed by atoms with Crippen molar-refractivity contribution in [3.63, 3.8) is 0 Å². The fourth-order valence-electron chi connectivity index (χ4n) is 0.925. The van der Waals surface area contributed by atoms with Crippen LogP contribution in [0.1, 0.15) is 0 Å². The molecule has 0 aliphatic carbocycles. The van der Waals surface area contributed by atoms with Gasteiger partial charge in [0.15, 0.2) is 4.91 Å². The molecule has 0 radical (unpaired) electrons. The van der Waals surface area contributed by atoms with Gasteiger partial charge in [0.05, 0.1) is 4.90 Å². The lowest BCUT2D eigenvalue weighted by Crippen LogP contribution is -2.08. The highest BCUT2D eigenvalue weighted by atomic mass is 32.2. The second-order valence-corrected chi connectivity index (χ2v) is 5.73. The first-order valence-electron chi connectivity index (χ1n) is 4.04. The van der Waals surface area contributed by atoms with Crippen LogP contribution >= 0.6 is 11.3 Å². The predicted octanol–water partition coefficient (Wildman–Crippen LogP) is 1.45. The lowest BCUT2D eigenvalue weighted by atomic mass is 10.6. The van der Waals surface area contributed by atoms with Crippen molar-refractivity contribution in [1.29, 1.82) is 5.26 Å². The standard InChI is InChI=1S/C9H10N2O2S2/c1-11(2)6-9(5-10)15(12,13)8-3-4-14-7-8/h3-4,6-7H,1-2H3/b9-6-. The first kappa shape index (κ1) is 11.8. The van der Waals surface area contributed by atoms with Crippen molar-refractivity contribution >= 4 is 21.2 Å². The van der Waals surface area contributed by atoms with E-state index < -0.39 is 9.84 Å². The highest BCUT2D eigenvalue weighted by Crippen LogP contribution is 2.21. The second kappa shape index (κ2) is 4.47. The zero-order chi connectivity index (χ0) is 11.5. The van der Waals surface area contributed by atoms with E-state index in [1.54, 1.807) is 25.5 Å². The number of rotatable bonds is 3. The number of hydrogen-bond donors (Lipinski definition) is 0. The molecular formula is C9H10N2O2S2. The molecule has 15 heavy (non-hydrogen) atoms. The summed E-state index contributed by atoms with van der Waals surface area (Å²) in [6.07, 6.45) is 1.30. The number of nitrogens with zero attached hydrogens (tertiary/aromatic N) is 2. The zero-order valence-electron chi connectivity index (χ0n) is 8.34. The van der Waals surface area contributed by atoms with Crippen molar-refractivity contribution in [2.75, 3.05) is 14.1 Å². The summed E-state index contributed by atoms with van der Waals surface area (Å²) < 4.78 is 23.7. The van der Waals surface area contributed by atoms with Crippen LogP contribution in [0.3, 0.4) is 0 Å². The maximum atomic E-state index is 11.8. The van der Waals surface area contributed by atoms with Crippen LogP contribution in [0.2, 0.25) is 0 Å². The molecule has 1 aromatic heterocycles. The molecule has 0 spiro atoms. The van der Waals surface area contributed by atoms with Crippen molar-refractivity contribution in [3.05, 3.63) is 27.9 Å². The summed E-state index contributed by atoms with van der Waals surface area (Å²) >= 11 is 1.28. The lowest BCUT2D eigenvalue weighted by molar-refractivity contribution is 0.559. The van der Waals surface area contributed by atoms with Crippen LogP contribution < -0.4 is 0 Å². The van der Waals surface area contributed by atoms with Gasteiger partial charge in [-0.1, -0.05) is 0 Å². The smallest absolute Gasteiger partial charge is 0.218 e. The first-order chi connectivity index (χ1) is 6.98. The van der Waals surface area contributed by atoms with Crippen molar-refractivity contribution in [1.82, 2.24) is 4.90 Å². The maximum absolute atomic E-state index is 11.8. The van der Waals surface area contributed by atoms with Crippen molar-refractivity contribution in [3.8, 4) is 6.07 Å². The Morgan fingerprint density at radius 3 is 2.67 bits per heavy atom. The minimum absolute atomic E-state index is 0.169. The Morgan fingerprint density at radius 2 is 2.27 bits per heavy atom. The first-order valence-corrected chi connectivity index (χ1v) is 6.46. The summed E-state index contributed by atoms with van der Waals surface area (Å²) in [6.45, 7) is 0. The summed E-state index contributed by atoms with van der Waals surface area (Å²) in [5, 5.41) is 12.0. The molecule has 0 atom stereocenters. The van der Waals surface area contributed by atoms with Crippen LogP contribution in [0.25, 0.3) is 0 Å². The van der Waals surface area contributed by atoms with Crippen molar-refractivity contribution in [2.24, 2.45) is 0 Å².